The second kappa shape index (κ2) is 7.14. The largest absolute Gasteiger partial charge is 0.341 e. The number of piperidine rings is 1. The Morgan fingerprint density at radius 3 is 2.66 bits per heavy atom. The minimum Gasteiger partial charge on any atom is -0.341 e. The SMILES string of the molecule is CC(=O)c1cc(Br)cc2c1nc(N1CCCCC1)n1nc(-c3cnccn3)nc21. The second-order valence-corrected chi connectivity index (χ2v) is 8.04. The number of nitrogens with zero attached hydrogens (tertiary/aromatic N) is 7. The smallest absolute Gasteiger partial charge is 0.229 e. The molecule has 0 atom stereocenters. The van der Waals surface area contributed by atoms with Crippen molar-refractivity contribution < 1.29 is 4.79 Å². The van der Waals surface area contributed by atoms with E-state index < -0.39 is 0 Å². The normalized spacial score (nSPS) is 14.6. The van der Waals surface area contributed by atoms with Crippen LogP contribution in [0.5, 0.6) is 0 Å². The molecule has 1 aliphatic heterocycles. The fourth-order valence-electron chi connectivity index (χ4n) is 3.75. The number of halogens is 1. The Morgan fingerprint density at radius 1 is 1.10 bits per heavy atom. The van der Waals surface area contributed by atoms with E-state index in [0.29, 0.717) is 34.2 Å². The highest BCUT2D eigenvalue weighted by Gasteiger charge is 2.23. The van der Waals surface area contributed by atoms with Crippen LogP contribution in [0.3, 0.4) is 0 Å². The van der Waals surface area contributed by atoms with Crippen LogP contribution in [0.1, 0.15) is 36.5 Å². The van der Waals surface area contributed by atoms with Gasteiger partial charge in [0.1, 0.15) is 5.69 Å². The molecule has 1 saturated heterocycles. The van der Waals surface area contributed by atoms with Gasteiger partial charge in [-0.05, 0) is 38.3 Å². The summed E-state index contributed by atoms with van der Waals surface area (Å²) in [7, 11) is 0. The average molecular weight is 452 g/mol. The summed E-state index contributed by atoms with van der Waals surface area (Å²) >= 11 is 3.51. The number of hydrogen-bond donors (Lipinski definition) is 0. The van der Waals surface area contributed by atoms with Gasteiger partial charge < -0.3 is 4.90 Å². The van der Waals surface area contributed by atoms with Crippen LogP contribution in [0.2, 0.25) is 0 Å². The molecule has 0 amide bonds. The average Bonchev–Trinajstić information content (AvgIpc) is 3.20. The summed E-state index contributed by atoms with van der Waals surface area (Å²) in [5, 5.41) is 5.48. The molecule has 0 N–H and O–H groups in total. The lowest BCUT2D eigenvalue weighted by atomic mass is 10.1. The van der Waals surface area contributed by atoms with Gasteiger partial charge in [0.05, 0.1) is 11.7 Å². The van der Waals surface area contributed by atoms with Gasteiger partial charge in [0.15, 0.2) is 11.4 Å². The molecular weight excluding hydrogens is 434 g/mol. The zero-order chi connectivity index (χ0) is 20.0. The van der Waals surface area contributed by atoms with Crippen molar-refractivity contribution in [3.05, 3.63) is 40.8 Å². The molecule has 0 spiro atoms. The topological polar surface area (TPSA) is 89.2 Å². The van der Waals surface area contributed by atoms with Crippen molar-refractivity contribution in [2.45, 2.75) is 26.2 Å². The third kappa shape index (κ3) is 3.15. The predicted molar refractivity (Wildman–Crippen MR) is 113 cm³/mol. The van der Waals surface area contributed by atoms with E-state index in [-0.39, 0.29) is 5.78 Å². The quantitative estimate of drug-likeness (QED) is 0.438. The number of aromatic nitrogens is 6. The van der Waals surface area contributed by atoms with Crippen molar-refractivity contribution in [1.82, 2.24) is 29.5 Å². The molecule has 29 heavy (non-hydrogen) atoms. The first-order valence-corrected chi connectivity index (χ1v) is 10.3. The van der Waals surface area contributed by atoms with Crippen LogP contribution >= 0.6 is 15.9 Å². The summed E-state index contributed by atoms with van der Waals surface area (Å²) in [6.07, 6.45) is 8.29. The first kappa shape index (κ1) is 18.1. The first-order valence-electron chi connectivity index (χ1n) is 9.54. The third-order valence-electron chi connectivity index (χ3n) is 5.13. The summed E-state index contributed by atoms with van der Waals surface area (Å²) < 4.78 is 2.57. The Hall–Kier alpha value is -2.94. The van der Waals surface area contributed by atoms with Crippen LogP contribution in [0.25, 0.3) is 28.1 Å². The van der Waals surface area contributed by atoms with Gasteiger partial charge in [0, 0.05) is 40.9 Å². The van der Waals surface area contributed by atoms with Gasteiger partial charge in [-0.1, -0.05) is 15.9 Å². The van der Waals surface area contributed by atoms with Gasteiger partial charge in [-0.15, -0.1) is 5.10 Å². The van der Waals surface area contributed by atoms with E-state index in [0.717, 1.165) is 35.8 Å². The Balaban J connectivity index is 1.85. The minimum absolute atomic E-state index is 0.0357. The number of rotatable bonds is 3. The molecule has 0 aliphatic carbocycles. The molecule has 0 saturated carbocycles. The fraction of sp³-hybridized carbons (Fsp3) is 0.300. The van der Waals surface area contributed by atoms with Crippen LogP contribution in [-0.4, -0.2) is 48.4 Å². The van der Waals surface area contributed by atoms with Crippen LogP contribution in [-0.2, 0) is 0 Å². The Kier molecular flexibility index (Phi) is 4.46. The summed E-state index contributed by atoms with van der Waals surface area (Å²) in [5.74, 6) is 1.15. The minimum atomic E-state index is -0.0357. The van der Waals surface area contributed by atoms with Gasteiger partial charge in [-0.3, -0.25) is 9.78 Å². The van der Waals surface area contributed by atoms with Gasteiger partial charge in [0.25, 0.3) is 0 Å². The molecule has 146 valence electrons. The molecule has 0 unspecified atom stereocenters. The number of anilines is 1. The van der Waals surface area contributed by atoms with E-state index in [4.69, 9.17) is 15.1 Å². The van der Waals surface area contributed by atoms with Crippen LogP contribution in [0.4, 0.5) is 5.95 Å². The van der Waals surface area contributed by atoms with E-state index in [1.165, 1.54) is 6.42 Å². The Morgan fingerprint density at radius 2 is 1.93 bits per heavy atom. The molecule has 8 nitrogen and oxygen atoms in total. The number of carbonyl (C=O) groups excluding carboxylic acids is 1. The third-order valence-corrected chi connectivity index (χ3v) is 5.59. The van der Waals surface area contributed by atoms with Gasteiger partial charge in [-0.25, -0.2) is 15.0 Å². The molecule has 4 heterocycles. The van der Waals surface area contributed by atoms with Crippen LogP contribution in [0.15, 0.2) is 35.2 Å². The Labute approximate surface area is 175 Å². The monoisotopic (exact) mass is 451 g/mol. The maximum atomic E-state index is 12.3. The lowest BCUT2D eigenvalue weighted by Crippen LogP contribution is -2.32. The maximum absolute atomic E-state index is 12.3. The summed E-state index contributed by atoms with van der Waals surface area (Å²) in [5.41, 5.74) is 2.46. The molecule has 9 heteroatoms. The fourth-order valence-corrected chi connectivity index (χ4v) is 4.21. The van der Waals surface area contributed by atoms with Gasteiger partial charge in [-0.2, -0.15) is 4.52 Å². The molecule has 1 fully saturated rings. The summed E-state index contributed by atoms with van der Waals surface area (Å²) in [6, 6.07) is 3.74. The van der Waals surface area contributed by atoms with Crippen molar-refractivity contribution in [2.75, 3.05) is 18.0 Å². The zero-order valence-electron chi connectivity index (χ0n) is 15.8. The van der Waals surface area contributed by atoms with Crippen molar-refractivity contribution in [2.24, 2.45) is 0 Å². The highest BCUT2D eigenvalue weighted by molar-refractivity contribution is 9.10. The highest BCUT2D eigenvalue weighted by atomic mass is 79.9. The van der Waals surface area contributed by atoms with Crippen molar-refractivity contribution in [1.29, 1.82) is 0 Å². The first-order chi connectivity index (χ1) is 14.1. The lowest BCUT2D eigenvalue weighted by Gasteiger charge is -2.28. The number of benzene rings is 1. The highest BCUT2D eigenvalue weighted by Crippen LogP contribution is 2.31. The zero-order valence-corrected chi connectivity index (χ0v) is 17.4. The molecule has 3 aromatic heterocycles. The number of Topliss-reactive ketones (excluding diaryl/α,β-unsaturated/α-hetero) is 1. The standard InChI is InChI=1S/C20H18BrN7O/c1-12(29)14-9-13(21)10-15-17(14)24-20(27-7-3-2-4-8-27)28-19(15)25-18(26-28)16-11-22-5-6-23-16/h5-6,9-11H,2-4,7-8H2,1H3. The van der Waals surface area contributed by atoms with Gasteiger partial charge in [0.2, 0.25) is 11.8 Å². The number of fused-ring (bicyclic) bond motifs is 3. The van der Waals surface area contributed by atoms with Crippen molar-refractivity contribution in [3.8, 4) is 11.5 Å². The van der Waals surface area contributed by atoms with E-state index >= 15 is 0 Å². The lowest BCUT2D eigenvalue weighted by molar-refractivity contribution is 0.101. The molecule has 0 radical (unpaired) electrons. The summed E-state index contributed by atoms with van der Waals surface area (Å²) in [4.78, 5) is 32.7. The summed E-state index contributed by atoms with van der Waals surface area (Å²) in [6.45, 7) is 3.36. The maximum Gasteiger partial charge on any atom is 0.229 e. The molecular formula is C20H18BrN7O. The molecule has 5 rings (SSSR count). The Bertz CT molecular complexity index is 1230. The predicted octanol–water partition coefficient (Wildman–Crippen LogP) is 3.69. The number of ketones is 1. The van der Waals surface area contributed by atoms with Crippen molar-refractivity contribution >= 4 is 44.2 Å². The molecule has 1 aliphatic rings. The van der Waals surface area contributed by atoms with E-state index in [9.17, 15) is 4.79 Å². The van der Waals surface area contributed by atoms with Crippen molar-refractivity contribution in [3.63, 3.8) is 0 Å². The van der Waals surface area contributed by atoms with Crippen LogP contribution in [0, 0.1) is 0 Å². The van der Waals surface area contributed by atoms with Crippen LogP contribution < -0.4 is 4.90 Å². The van der Waals surface area contributed by atoms with E-state index in [2.05, 4.69) is 30.8 Å². The second-order valence-electron chi connectivity index (χ2n) is 7.13. The number of hydrogen-bond acceptors (Lipinski definition) is 7. The molecule has 0 bridgehead atoms. The van der Waals surface area contributed by atoms with Gasteiger partial charge >= 0.3 is 0 Å². The molecule has 4 aromatic rings. The number of carbonyl (C=O) groups is 1. The molecule has 1 aromatic carbocycles. The van der Waals surface area contributed by atoms with E-state index in [1.807, 2.05) is 12.1 Å². The van der Waals surface area contributed by atoms with E-state index in [1.54, 1.807) is 30.0 Å².